The van der Waals surface area contributed by atoms with Crippen LogP contribution in [0.1, 0.15) is 11.3 Å². The Bertz CT molecular complexity index is 1540. The lowest BCUT2D eigenvalue weighted by molar-refractivity contribution is -0.118. The van der Waals surface area contributed by atoms with Crippen molar-refractivity contribution in [3.63, 3.8) is 0 Å². The Balaban J connectivity index is 1.40. The molecule has 0 aliphatic carbocycles. The lowest BCUT2D eigenvalue weighted by Crippen LogP contribution is -2.20. The maximum Gasteiger partial charge on any atom is 0.262 e. The molecule has 0 aliphatic rings. The molecule has 0 saturated carbocycles. The van der Waals surface area contributed by atoms with Crippen LogP contribution in [0.25, 0.3) is 17.2 Å². The lowest BCUT2D eigenvalue weighted by atomic mass is 10.2. The van der Waals surface area contributed by atoms with Crippen LogP contribution >= 0.6 is 23.4 Å². The second-order valence-corrected chi connectivity index (χ2v) is 9.50. The van der Waals surface area contributed by atoms with Gasteiger partial charge >= 0.3 is 0 Å². The molecular weight excluding hydrogens is 494 g/mol. The van der Waals surface area contributed by atoms with Gasteiger partial charge in [-0.3, -0.25) is 4.79 Å². The molecule has 0 unspecified atom stereocenters. The fourth-order valence-corrected chi connectivity index (χ4v) is 4.74. The van der Waals surface area contributed by atoms with Crippen LogP contribution in [0.2, 0.25) is 5.02 Å². The number of fused-ring (bicyclic) bond motifs is 1. The third kappa shape index (κ3) is 5.19. The molecule has 2 aromatic heterocycles. The molecule has 0 fully saturated rings. The Kier molecular flexibility index (Phi) is 6.88. The van der Waals surface area contributed by atoms with Gasteiger partial charge in [-0.2, -0.15) is 9.50 Å². The molecule has 9 heteroatoms. The molecule has 3 aromatic carbocycles. The number of nitrogens with zero attached hydrogens (tertiary/aromatic N) is 4. The highest BCUT2D eigenvalue weighted by molar-refractivity contribution is 7.99. The number of hydrogen-bond acceptors (Lipinski definition) is 6. The van der Waals surface area contributed by atoms with Gasteiger partial charge < -0.3 is 10.1 Å². The number of anilines is 1. The van der Waals surface area contributed by atoms with Crippen LogP contribution in [0.5, 0.6) is 5.75 Å². The van der Waals surface area contributed by atoms with Gasteiger partial charge in [0.2, 0.25) is 0 Å². The third-order valence-electron chi connectivity index (χ3n) is 5.50. The molecule has 0 spiro atoms. The summed E-state index contributed by atoms with van der Waals surface area (Å²) in [5.41, 5.74) is 3.46. The van der Waals surface area contributed by atoms with E-state index in [0.29, 0.717) is 28.1 Å². The molecule has 0 saturated heterocycles. The number of halogens is 1. The first-order valence-corrected chi connectivity index (χ1v) is 12.4. The summed E-state index contributed by atoms with van der Waals surface area (Å²) in [7, 11) is 0. The van der Waals surface area contributed by atoms with Crippen LogP contribution in [0.4, 0.5) is 5.69 Å². The molecule has 0 aliphatic heterocycles. The number of aryl methyl sites for hydroxylation is 1. The van der Waals surface area contributed by atoms with Crippen LogP contribution in [-0.2, 0) is 4.79 Å². The van der Waals surface area contributed by atoms with E-state index in [0.717, 1.165) is 26.7 Å². The molecular formula is C27H22ClN5O2S. The largest absolute Gasteiger partial charge is 0.484 e. The van der Waals surface area contributed by atoms with E-state index < -0.39 is 0 Å². The quantitative estimate of drug-likeness (QED) is 0.259. The van der Waals surface area contributed by atoms with Crippen LogP contribution in [0, 0.1) is 13.8 Å². The minimum atomic E-state index is -0.266. The summed E-state index contributed by atoms with van der Waals surface area (Å²) in [6.45, 7) is 3.84. The van der Waals surface area contributed by atoms with Crippen molar-refractivity contribution < 1.29 is 9.53 Å². The zero-order valence-electron chi connectivity index (χ0n) is 19.6. The van der Waals surface area contributed by atoms with Gasteiger partial charge in [0.15, 0.2) is 12.4 Å². The molecule has 2 heterocycles. The van der Waals surface area contributed by atoms with Crippen molar-refractivity contribution in [2.75, 3.05) is 11.9 Å². The highest BCUT2D eigenvalue weighted by Crippen LogP contribution is 2.36. The van der Waals surface area contributed by atoms with Gasteiger partial charge in [0.25, 0.3) is 11.7 Å². The minimum absolute atomic E-state index is 0.123. The number of para-hydroxylation sites is 1. The van der Waals surface area contributed by atoms with Crippen LogP contribution < -0.4 is 10.1 Å². The van der Waals surface area contributed by atoms with Crippen molar-refractivity contribution in [2.45, 2.75) is 23.8 Å². The summed E-state index contributed by atoms with van der Waals surface area (Å²) in [6.07, 6.45) is 0. The highest BCUT2D eigenvalue weighted by atomic mass is 35.5. The van der Waals surface area contributed by atoms with Gasteiger partial charge in [-0.05, 0) is 50.2 Å². The molecule has 180 valence electrons. The molecule has 1 amide bonds. The zero-order chi connectivity index (χ0) is 25.1. The molecule has 0 atom stereocenters. The average Bonchev–Trinajstić information content (AvgIpc) is 3.31. The topological polar surface area (TPSA) is 81.4 Å². The van der Waals surface area contributed by atoms with Crippen molar-refractivity contribution >= 4 is 40.7 Å². The Hall–Kier alpha value is -3.88. The number of rotatable bonds is 7. The SMILES string of the molecule is Cc1nc2nc(-c3ccccc3)nn2c(Sc2ccccc2NC(=O)COc2ccc(Cl)cc2)c1C. The highest BCUT2D eigenvalue weighted by Gasteiger charge is 2.18. The number of carbonyl (C=O) groups is 1. The number of benzene rings is 3. The summed E-state index contributed by atoms with van der Waals surface area (Å²) >= 11 is 7.41. The van der Waals surface area contributed by atoms with Crippen molar-refractivity contribution in [3.8, 4) is 17.1 Å². The Morgan fingerprint density at radius 3 is 2.47 bits per heavy atom. The van der Waals surface area contributed by atoms with Crippen LogP contribution in [0.3, 0.4) is 0 Å². The van der Waals surface area contributed by atoms with Gasteiger partial charge in [-0.1, -0.05) is 65.8 Å². The first-order chi connectivity index (χ1) is 17.5. The van der Waals surface area contributed by atoms with E-state index in [4.69, 9.17) is 21.4 Å². The summed E-state index contributed by atoms with van der Waals surface area (Å²) < 4.78 is 7.34. The molecule has 36 heavy (non-hydrogen) atoms. The summed E-state index contributed by atoms with van der Waals surface area (Å²) in [5, 5.41) is 9.19. The molecule has 5 rings (SSSR count). The average molecular weight is 516 g/mol. The molecule has 1 N–H and O–H groups in total. The smallest absolute Gasteiger partial charge is 0.262 e. The summed E-state index contributed by atoms with van der Waals surface area (Å²) in [4.78, 5) is 22.8. The van der Waals surface area contributed by atoms with Crippen molar-refractivity contribution in [1.82, 2.24) is 19.6 Å². The molecule has 0 radical (unpaired) electrons. The van der Waals surface area contributed by atoms with E-state index in [1.807, 2.05) is 68.4 Å². The number of hydrogen-bond donors (Lipinski definition) is 1. The molecule has 0 bridgehead atoms. The number of ether oxygens (including phenoxy) is 1. The maximum atomic E-state index is 12.6. The monoisotopic (exact) mass is 515 g/mol. The van der Waals surface area contributed by atoms with Gasteiger partial charge in [-0.15, -0.1) is 5.10 Å². The van der Waals surface area contributed by atoms with Crippen LogP contribution in [0.15, 0.2) is 88.8 Å². The Morgan fingerprint density at radius 2 is 1.69 bits per heavy atom. The molecule has 5 aromatic rings. The van der Waals surface area contributed by atoms with Crippen LogP contribution in [-0.4, -0.2) is 32.1 Å². The van der Waals surface area contributed by atoms with E-state index in [9.17, 15) is 4.79 Å². The predicted octanol–water partition coefficient (Wildman–Crippen LogP) is 6.23. The third-order valence-corrected chi connectivity index (χ3v) is 7.00. The standard InChI is InChI=1S/C27H22ClN5O2S/c1-17-18(2)29-27-31-25(19-8-4-3-5-9-19)32-33(27)26(17)36-23-11-7-6-10-22(23)30-24(34)16-35-21-14-12-20(28)13-15-21/h3-15H,16H2,1-2H3,(H,30,34). The van der Waals surface area contributed by atoms with Crippen molar-refractivity contribution in [2.24, 2.45) is 0 Å². The number of carbonyl (C=O) groups excluding carboxylic acids is 1. The Labute approximate surface area is 217 Å². The van der Waals surface area contributed by atoms with Gasteiger partial charge in [0.05, 0.1) is 5.69 Å². The Morgan fingerprint density at radius 1 is 0.972 bits per heavy atom. The maximum absolute atomic E-state index is 12.6. The first-order valence-electron chi connectivity index (χ1n) is 11.2. The minimum Gasteiger partial charge on any atom is -0.484 e. The van der Waals surface area contributed by atoms with Crippen molar-refractivity contribution in [3.05, 3.63) is 95.1 Å². The fourth-order valence-electron chi connectivity index (χ4n) is 3.52. The van der Waals surface area contributed by atoms with E-state index in [-0.39, 0.29) is 12.5 Å². The fraction of sp³-hybridized carbons (Fsp3) is 0.111. The van der Waals surface area contributed by atoms with E-state index >= 15 is 0 Å². The number of aromatic nitrogens is 4. The lowest BCUT2D eigenvalue weighted by Gasteiger charge is -2.14. The number of amides is 1. The van der Waals surface area contributed by atoms with Crippen molar-refractivity contribution in [1.29, 1.82) is 0 Å². The summed E-state index contributed by atoms with van der Waals surface area (Å²) in [6, 6.07) is 24.3. The van der Waals surface area contributed by atoms with Gasteiger partial charge in [0, 0.05) is 26.7 Å². The first kappa shape index (κ1) is 23.8. The number of nitrogens with one attached hydrogen (secondary N) is 1. The molecule has 7 nitrogen and oxygen atoms in total. The summed E-state index contributed by atoms with van der Waals surface area (Å²) in [5.74, 6) is 1.44. The predicted molar refractivity (Wildman–Crippen MR) is 142 cm³/mol. The van der Waals surface area contributed by atoms with Gasteiger partial charge in [0.1, 0.15) is 10.8 Å². The van der Waals surface area contributed by atoms with Gasteiger partial charge in [-0.25, -0.2) is 4.98 Å². The second-order valence-electron chi connectivity index (χ2n) is 8.03. The second kappa shape index (κ2) is 10.4. The van der Waals surface area contributed by atoms with E-state index in [1.54, 1.807) is 28.8 Å². The normalized spacial score (nSPS) is 11.0. The van der Waals surface area contributed by atoms with E-state index in [2.05, 4.69) is 15.3 Å². The van der Waals surface area contributed by atoms with E-state index in [1.165, 1.54) is 11.8 Å². The zero-order valence-corrected chi connectivity index (χ0v) is 21.2.